The van der Waals surface area contributed by atoms with Crippen LogP contribution in [-0.2, 0) is 0 Å². The van der Waals surface area contributed by atoms with Crippen LogP contribution in [0.25, 0.3) is 11.0 Å². The summed E-state index contributed by atoms with van der Waals surface area (Å²) in [6.07, 6.45) is 0. The van der Waals surface area contributed by atoms with Gasteiger partial charge in [0.05, 0.1) is 5.56 Å². The maximum absolute atomic E-state index is 12.1. The number of ether oxygens (including phenoxy) is 1. The van der Waals surface area contributed by atoms with Crippen molar-refractivity contribution in [2.24, 2.45) is 0 Å². The second-order valence-electron chi connectivity index (χ2n) is 5.17. The molecule has 0 radical (unpaired) electrons. The van der Waals surface area contributed by atoms with Gasteiger partial charge in [-0.05, 0) is 43.7 Å². The summed E-state index contributed by atoms with van der Waals surface area (Å²) in [5.74, 6) is -0.106. The highest BCUT2D eigenvalue weighted by Gasteiger charge is 2.10. The van der Waals surface area contributed by atoms with Crippen LogP contribution in [0, 0.1) is 13.8 Å². The average molecular weight is 294 g/mol. The van der Waals surface area contributed by atoms with Gasteiger partial charge in [-0.1, -0.05) is 17.7 Å². The lowest BCUT2D eigenvalue weighted by Gasteiger charge is -2.06. The average Bonchev–Trinajstić information content (AvgIpc) is 2.46. The molecule has 0 aliphatic carbocycles. The molecular weight excluding hydrogens is 280 g/mol. The Hall–Kier alpha value is -2.88. The summed E-state index contributed by atoms with van der Waals surface area (Å²) in [5.41, 5.74) is 2.26. The second kappa shape index (κ2) is 5.48. The molecule has 4 heteroatoms. The fourth-order valence-electron chi connectivity index (χ4n) is 2.31. The van der Waals surface area contributed by atoms with E-state index in [1.807, 2.05) is 19.9 Å². The van der Waals surface area contributed by atoms with Gasteiger partial charge in [-0.3, -0.25) is 0 Å². The third-order valence-electron chi connectivity index (χ3n) is 3.39. The van der Waals surface area contributed by atoms with Crippen LogP contribution < -0.4 is 10.4 Å². The first kappa shape index (κ1) is 14.1. The minimum Gasteiger partial charge on any atom is -0.423 e. The van der Waals surface area contributed by atoms with Crippen molar-refractivity contribution in [3.8, 4) is 5.75 Å². The lowest BCUT2D eigenvalue weighted by molar-refractivity contribution is 0.0735. The van der Waals surface area contributed by atoms with Crippen molar-refractivity contribution in [3.63, 3.8) is 0 Å². The number of rotatable bonds is 2. The standard InChI is InChI=1S/C18H14O4/c1-11-4-3-5-13(8-11)18(20)21-14-6-7-15-12(2)9-17(19)22-16(15)10-14/h3-10H,1-2H3. The molecule has 0 amide bonds. The van der Waals surface area contributed by atoms with Crippen molar-refractivity contribution in [1.29, 1.82) is 0 Å². The Kier molecular flexibility index (Phi) is 3.51. The van der Waals surface area contributed by atoms with Gasteiger partial charge in [0.1, 0.15) is 11.3 Å². The first-order valence-corrected chi connectivity index (χ1v) is 6.86. The van der Waals surface area contributed by atoms with Crippen molar-refractivity contribution in [1.82, 2.24) is 0 Å². The number of carbonyl (C=O) groups excluding carboxylic acids is 1. The van der Waals surface area contributed by atoms with E-state index < -0.39 is 11.6 Å². The number of hydrogen-bond acceptors (Lipinski definition) is 4. The fraction of sp³-hybridized carbons (Fsp3) is 0.111. The van der Waals surface area contributed by atoms with Crippen LogP contribution in [0.5, 0.6) is 5.75 Å². The van der Waals surface area contributed by atoms with Gasteiger partial charge in [-0.2, -0.15) is 0 Å². The van der Waals surface area contributed by atoms with Gasteiger partial charge >= 0.3 is 11.6 Å². The number of carbonyl (C=O) groups is 1. The Morgan fingerprint density at radius 1 is 1.05 bits per heavy atom. The van der Waals surface area contributed by atoms with Crippen molar-refractivity contribution < 1.29 is 13.9 Å². The van der Waals surface area contributed by atoms with Crippen molar-refractivity contribution >= 4 is 16.9 Å². The maximum atomic E-state index is 12.1. The van der Waals surface area contributed by atoms with E-state index in [1.54, 1.807) is 36.4 Å². The van der Waals surface area contributed by atoms with E-state index in [1.165, 1.54) is 6.07 Å². The van der Waals surface area contributed by atoms with E-state index >= 15 is 0 Å². The maximum Gasteiger partial charge on any atom is 0.343 e. The van der Waals surface area contributed by atoms with Crippen LogP contribution in [0.2, 0.25) is 0 Å². The Morgan fingerprint density at radius 2 is 1.86 bits per heavy atom. The zero-order valence-electron chi connectivity index (χ0n) is 12.3. The third-order valence-corrected chi connectivity index (χ3v) is 3.39. The van der Waals surface area contributed by atoms with Crippen LogP contribution in [-0.4, -0.2) is 5.97 Å². The monoisotopic (exact) mass is 294 g/mol. The number of aryl methyl sites for hydroxylation is 2. The largest absolute Gasteiger partial charge is 0.423 e. The fourth-order valence-corrected chi connectivity index (χ4v) is 2.31. The van der Waals surface area contributed by atoms with Gasteiger partial charge in [-0.15, -0.1) is 0 Å². The van der Waals surface area contributed by atoms with E-state index in [9.17, 15) is 9.59 Å². The summed E-state index contributed by atoms with van der Waals surface area (Å²) < 4.78 is 10.5. The molecule has 1 aromatic heterocycles. The smallest absolute Gasteiger partial charge is 0.343 e. The van der Waals surface area contributed by atoms with E-state index in [-0.39, 0.29) is 0 Å². The van der Waals surface area contributed by atoms with Crippen molar-refractivity contribution in [2.75, 3.05) is 0 Å². The van der Waals surface area contributed by atoms with Crippen LogP contribution in [0.1, 0.15) is 21.5 Å². The van der Waals surface area contributed by atoms with Gasteiger partial charge in [0.25, 0.3) is 0 Å². The molecule has 110 valence electrons. The Bertz CT molecular complexity index is 922. The Labute approximate surface area is 127 Å². The van der Waals surface area contributed by atoms with Crippen molar-refractivity contribution in [3.05, 3.63) is 75.6 Å². The molecule has 0 aliphatic rings. The summed E-state index contributed by atoms with van der Waals surface area (Å²) in [6, 6.07) is 13.6. The Balaban J connectivity index is 1.94. The lowest BCUT2D eigenvalue weighted by atomic mass is 10.1. The summed E-state index contributed by atoms with van der Waals surface area (Å²) in [5, 5.41) is 0.815. The van der Waals surface area contributed by atoms with Gasteiger partial charge in [0.15, 0.2) is 0 Å². The van der Waals surface area contributed by atoms with Gasteiger partial charge < -0.3 is 9.15 Å². The molecule has 0 fully saturated rings. The number of hydrogen-bond donors (Lipinski definition) is 0. The predicted octanol–water partition coefficient (Wildman–Crippen LogP) is 3.63. The first-order valence-electron chi connectivity index (χ1n) is 6.86. The first-order chi connectivity index (χ1) is 10.5. The molecule has 3 aromatic rings. The highest BCUT2D eigenvalue weighted by atomic mass is 16.5. The summed E-state index contributed by atoms with van der Waals surface area (Å²) in [7, 11) is 0. The van der Waals surface area contributed by atoms with Crippen molar-refractivity contribution in [2.45, 2.75) is 13.8 Å². The summed E-state index contributed by atoms with van der Waals surface area (Å²) in [6.45, 7) is 3.74. The molecule has 0 saturated heterocycles. The van der Waals surface area contributed by atoms with E-state index in [0.29, 0.717) is 16.9 Å². The van der Waals surface area contributed by atoms with E-state index in [0.717, 1.165) is 16.5 Å². The van der Waals surface area contributed by atoms with Crippen LogP contribution in [0.15, 0.2) is 57.7 Å². The predicted molar refractivity (Wildman–Crippen MR) is 83.4 cm³/mol. The quantitative estimate of drug-likeness (QED) is 0.411. The molecule has 0 saturated carbocycles. The number of fused-ring (bicyclic) bond motifs is 1. The molecule has 2 aromatic carbocycles. The third kappa shape index (κ3) is 2.76. The highest BCUT2D eigenvalue weighted by Crippen LogP contribution is 2.23. The summed E-state index contributed by atoms with van der Waals surface area (Å²) in [4.78, 5) is 23.5. The van der Waals surface area contributed by atoms with Gasteiger partial charge in [-0.25, -0.2) is 9.59 Å². The summed E-state index contributed by atoms with van der Waals surface area (Å²) >= 11 is 0. The zero-order chi connectivity index (χ0) is 15.7. The molecule has 3 rings (SSSR count). The van der Waals surface area contributed by atoms with Crippen LogP contribution in [0.4, 0.5) is 0 Å². The molecule has 0 atom stereocenters. The Morgan fingerprint density at radius 3 is 2.64 bits per heavy atom. The molecule has 0 bridgehead atoms. The van der Waals surface area contributed by atoms with E-state index in [2.05, 4.69) is 0 Å². The van der Waals surface area contributed by atoms with Crippen LogP contribution in [0.3, 0.4) is 0 Å². The highest BCUT2D eigenvalue weighted by molar-refractivity contribution is 5.92. The molecule has 0 spiro atoms. The lowest BCUT2D eigenvalue weighted by Crippen LogP contribution is -2.08. The van der Waals surface area contributed by atoms with Gasteiger partial charge in [0.2, 0.25) is 0 Å². The minimum atomic E-state index is -0.446. The topological polar surface area (TPSA) is 56.5 Å². The van der Waals surface area contributed by atoms with Crippen LogP contribution >= 0.6 is 0 Å². The molecular formula is C18H14O4. The number of benzene rings is 2. The minimum absolute atomic E-state index is 0.341. The number of esters is 1. The molecule has 0 unspecified atom stereocenters. The van der Waals surface area contributed by atoms with Gasteiger partial charge in [0, 0.05) is 17.5 Å². The molecule has 0 N–H and O–H groups in total. The molecule has 1 heterocycles. The normalized spacial score (nSPS) is 10.6. The second-order valence-corrected chi connectivity index (χ2v) is 5.17. The molecule has 4 nitrogen and oxygen atoms in total. The molecule has 22 heavy (non-hydrogen) atoms. The zero-order valence-corrected chi connectivity index (χ0v) is 12.3. The van der Waals surface area contributed by atoms with E-state index in [4.69, 9.17) is 9.15 Å². The molecule has 0 aliphatic heterocycles. The SMILES string of the molecule is Cc1cccc(C(=O)Oc2ccc3c(C)cc(=O)oc3c2)c1.